The first-order valence-electron chi connectivity index (χ1n) is 10.3. The van der Waals surface area contributed by atoms with Gasteiger partial charge in [0.2, 0.25) is 5.91 Å². The van der Waals surface area contributed by atoms with Crippen molar-refractivity contribution in [3.63, 3.8) is 0 Å². The number of likely N-dealkylation sites (tertiary alicyclic amines) is 1. The SMILES string of the molecule is Cc1ccc(-n2ncc3c(C)nn(CC(=O)N4CCCCCC4)c(=O)c32)c(C)c1. The molecule has 1 saturated heterocycles. The second-order valence-corrected chi connectivity index (χ2v) is 7.95. The van der Waals surface area contributed by atoms with E-state index in [-0.39, 0.29) is 18.0 Å². The number of hydrogen-bond donors (Lipinski definition) is 0. The smallest absolute Gasteiger partial charge is 0.293 e. The van der Waals surface area contributed by atoms with Gasteiger partial charge in [0.05, 0.1) is 17.6 Å². The van der Waals surface area contributed by atoms with Gasteiger partial charge in [0.15, 0.2) is 0 Å². The Bertz CT molecular complexity index is 1120. The molecule has 0 radical (unpaired) electrons. The number of rotatable bonds is 3. The monoisotopic (exact) mass is 393 g/mol. The van der Waals surface area contributed by atoms with E-state index in [0.717, 1.165) is 55.6 Å². The van der Waals surface area contributed by atoms with Gasteiger partial charge in [-0.05, 0) is 45.2 Å². The Kier molecular flexibility index (Phi) is 5.22. The van der Waals surface area contributed by atoms with Gasteiger partial charge in [-0.3, -0.25) is 9.59 Å². The van der Waals surface area contributed by atoms with Crippen LogP contribution in [0.3, 0.4) is 0 Å². The summed E-state index contributed by atoms with van der Waals surface area (Å²) in [6, 6.07) is 6.04. The fraction of sp³-hybridized carbons (Fsp3) is 0.455. The fourth-order valence-corrected chi connectivity index (χ4v) is 4.10. The van der Waals surface area contributed by atoms with Crippen molar-refractivity contribution >= 4 is 16.8 Å². The number of aryl methyl sites for hydroxylation is 3. The molecule has 0 unspecified atom stereocenters. The van der Waals surface area contributed by atoms with E-state index in [1.165, 1.54) is 4.68 Å². The van der Waals surface area contributed by atoms with E-state index in [9.17, 15) is 9.59 Å². The Hall–Kier alpha value is -2.96. The highest BCUT2D eigenvalue weighted by atomic mass is 16.2. The van der Waals surface area contributed by atoms with Crippen LogP contribution in [0.15, 0.2) is 29.2 Å². The molecule has 7 nitrogen and oxygen atoms in total. The van der Waals surface area contributed by atoms with Crippen LogP contribution < -0.4 is 5.56 Å². The summed E-state index contributed by atoms with van der Waals surface area (Å²) < 4.78 is 2.97. The minimum Gasteiger partial charge on any atom is -0.341 e. The Balaban J connectivity index is 1.75. The fourth-order valence-electron chi connectivity index (χ4n) is 4.10. The van der Waals surface area contributed by atoms with E-state index in [4.69, 9.17) is 0 Å². The van der Waals surface area contributed by atoms with Gasteiger partial charge in [0.1, 0.15) is 12.1 Å². The number of fused-ring (bicyclic) bond motifs is 1. The summed E-state index contributed by atoms with van der Waals surface area (Å²) in [4.78, 5) is 27.9. The summed E-state index contributed by atoms with van der Waals surface area (Å²) >= 11 is 0. The largest absolute Gasteiger partial charge is 0.341 e. The van der Waals surface area contributed by atoms with Crippen molar-refractivity contribution in [2.24, 2.45) is 0 Å². The molecule has 0 aliphatic carbocycles. The lowest BCUT2D eigenvalue weighted by Gasteiger charge is -2.20. The van der Waals surface area contributed by atoms with Crippen LogP contribution in [0.4, 0.5) is 0 Å². The molecule has 3 heterocycles. The lowest BCUT2D eigenvalue weighted by atomic mass is 10.1. The van der Waals surface area contributed by atoms with Crippen LogP contribution >= 0.6 is 0 Å². The highest BCUT2D eigenvalue weighted by Gasteiger charge is 2.20. The number of hydrogen-bond acceptors (Lipinski definition) is 4. The van der Waals surface area contributed by atoms with E-state index < -0.39 is 0 Å². The van der Waals surface area contributed by atoms with E-state index >= 15 is 0 Å². The number of benzene rings is 1. The number of carbonyl (C=O) groups is 1. The predicted molar refractivity (Wildman–Crippen MR) is 112 cm³/mol. The summed E-state index contributed by atoms with van der Waals surface area (Å²) in [6.07, 6.45) is 6.03. The zero-order valence-corrected chi connectivity index (χ0v) is 17.3. The molecule has 1 aliphatic heterocycles. The lowest BCUT2D eigenvalue weighted by molar-refractivity contribution is -0.132. The van der Waals surface area contributed by atoms with Gasteiger partial charge < -0.3 is 4.90 Å². The molecule has 2 aromatic heterocycles. The molecule has 0 spiro atoms. The number of carbonyl (C=O) groups excluding carboxylic acids is 1. The van der Waals surface area contributed by atoms with Gasteiger partial charge >= 0.3 is 0 Å². The van der Waals surface area contributed by atoms with Crippen LogP contribution in [0.5, 0.6) is 0 Å². The van der Waals surface area contributed by atoms with Gasteiger partial charge in [0.25, 0.3) is 5.56 Å². The van der Waals surface area contributed by atoms with Crippen LogP contribution in [-0.2, 0) is 11.3 Å². The summed E-state index contributed by atoms with van der Waals surface area (Å²) in [5, 5.41) is 9.59. The molecule has 1 aliphatic rings. The molecule has 4 rings (SSSR count). The molecule has 1 amide bonds. The first kappa shape index (κ1) is 19.4. The average molecular weight is 393 g/mol. The van der Waals surface area contributed by atoms with Crippen molar-refractivity contribution in [3.05, 3.63) is 51.6 Å². The van der Waals surface area contributed by atoms with Crippen molar-refractivity contribution in [1.29, 1.82) is 0 Å². The van der Waals surface area contributed by atoms with Crippen LogP contribution in [0, 0.1) is 20.8 Å². The van der Waals surface area contributed by atoms with Gasteiger partial charge in [0, 0.05) is 18.5 Å². The minimum atomic E-state index is -0.286. The third-order valence-electron chi connectivity index (χ3n) is 5.69. The summed E-state index contributed by atoms with van der Waals surface area (Å²) in [6.45, 7) is 7.37. The second-order valence-electron chi connectivity index (χ2n) is 7.95. The van der Waals surface area contributed by atoms with Crippen LogP contribution in [-0.4, -0.2) is 43.5 Å². The Morgan fingerprint density at radius 3 is 2.48 bits per heavy atom. The summed E-state index contributed by atoms with van der Waals surface area (Å²) in [5.74, 6) is -0.0437. The Morgan fingerprint density at radius 2 is 1.79 bits per heavy atom. The highest BCUT2D eigenvalue weighted by molar-refractivity contribution is 5.82. The van der Waals surface area contributed by atoms with Crippen LogP contribution in [0.25, 0.3) is 16.6 Å². The molecular weight excluding hydrogens is 366 g/mol. The molecule has 0 bridgehead atoms. The molecule has 3 aromatic rings. The zero-order chi connectivity index (χ0) is 20.5. The third kappa shape index (κ3) is 3.69. The van der Waals surface area contributed by atoms with Gasteiger partial charge in [-0.15, -0.1) is 0 Å². The molecule has 7 heteroatoms. The van der Waals surface area contributed by atoms with E-state index in [2.05, 4.69) is 16.3 Å². The van der Waals surface area contributed by atoms with Crippen LogP contribution in [0.2, 0.25) is 0 Å². The maximum Gasteiger partial charge on any atom is 0.293 e. The molecule has 1 fully saturated rings. The molecular formula is C22H27N5O2. The first-order chi connectivity index (χ1) is 14.0. The number of nitrogens with zero attached hydrogens (tertiary/aromatic N) is 5. The standard InChI is InChI=1S/C22H27N5O2/c1-15-8-9-19(16(2)12-15)27-21-18(13-23-27)17(3)24-26(22(21)29)14-20(28)25-10-6-4-5-7-11-25/h8-9,12-13H,4-7,10-11,14H2,1-3H3. The van der Waals surface area contributed by atoms with Gasteiger partial charge in [-0.25, -0.2) is 9.36 Å². The highest BCUT2D eigenvalue weighted by Crippen LogP contribution is 2.21. The maximum absolute atomic E-state index is 13.3. The van der Waals surface area contributed by atoms with E-state index in [1.54, 1.807) is 10.9 Å². The van der Waals surface area contributed by atoms with E-state index in [1.807, 2.05) is 37.8 Å². The summed E-state index contributed by atoms with van der Waals surface area (Å²) in [7, 11) is 0. The predicted octanol–water partition coefficient (Wildman–Crippen LogP) is 2.91. The summed E-state index contributed by atoms with van der Waals surface area (Å²) in [5.41, 5.74) is 3.93. The molecule has 1 aromatic carbocycles. The average Bonchev–Trinajstić information content (AvgIpc) is 2.94. The number of amides is 1. The van der Waals surface area contributed by atoms with E-state index in [0.29, 0.717) is 16.6 Å². The molecule has 0 atom stereocenters. The topological polar surface area (TPSA) is 73.0 Å². The van der Waals surface area contributed by atoms with Crippen molar-refractivity contribution in [3.8, 4) is 5.69 Å². The van der Waals surface area contributed by atoms with Crippen molar-refractivity contribution in [1.82, 2.24) is 24.5 Å². The maximum atomic E-state index is 13.3. The van der Waals surface area contributed by atoms with Crippen molar-refractivity contribution in [2.75, 3.05) is 13.1 Å². The molecule has 152 valence electrons. The molecule has 0 saturated carbocycles. The van der Waals surface area contributed by atoms with Gasteiger partial charge in [-0.2, -0.15) is 10.2 Å². The quantitative estimate of drug-likeness (QED) is 0.686. The third-order valence-corrected chi connectivity index (χ3v) is 5.69. The number of aromatic nitrogens is 4. The zero-order valence-electron chi connectivity index (χ0n) is 17.3. The van der Waals surface area contributed by atoms with Crippen LogP contribution in [0.1, 0.15) is 42.5 Å². The van der Waals surface area contributed by atoms with Crippen molar-refractivity contribution in [2.45, 2.75) is 53.0 Å². The second kappa shape index (κ2) is 7.81. The first-order valence-corrected chi connectivity index (χ1v) is 10.3. The molecule has 29 heavy (non-hydrogen) atoms. The minimum absolute atomic E-state index is 0.0341. The van der Waals surface area contributed by atoms with Crippen molar-refractivity contribution < 1.29 is 4.79 Å². The lowest BCUT2D eigenvalue weighted by Crippen LogP contribution is -2.38. The normalized spacial score (nSPS) is 14.9. The van der Waals surface area contributed by atoms with Gasteiger partial charge in [-0.1, -0.05) is 30.5 Å². The molecule has 0 N–H and O–H groups in total. The Labute approximate surface area is 169 Å². The Morgan fingerprint density at radius 1 is 1.07 bits per heavy atom.